The minimum absolute atomic E-state index is 0.0207. The minimum atomic E-state index is -0.0207. The maximum Gasteiger partial charge on any atom is 0.0992 e. The number of halogens is 1. The first-order chi connectivity index (χ1) is 9.72. The molecule has 1 atom stereocenters. The Balaban J connectivity index is 2.23. The molecule has 2 aromatic carbocycles. The van der Waals surface area contributed by atoms with E-state index in [1.807, 2.05) is 42.5 Å². The number of ether oxygens (including phenoxy) is 1. The lowest BCUT2D eigenvalue weighted by Crippen LogP contribution is -2.16. The Morgan fingerprint density at radius 3 is 2.75 bits per heavy atom. The van der Waals surface area contributed by atoms with E-state index in [4.69, 9.17) is 21.6 Å². The molecule has 2 aromatic rings. The molecule has 0 saturated heterocycles. The van der Waals surface area contributed by atoms with Crippen LogP contribution in [0, 0.1) is 11.3 Å². The molecule has 0 radical (unpaired) electrons. The van der Waals surface area contributed by atoms with Crippen LogP contribution in [-0.4, -0.2) is 13.7 Å². The Kier molecular flexibility index (Phi) is 5.00. The summed E-state index contributed by atoms with van der Waals surface area (Å²) in [6.07, 6.45) is 0. The standard InChI is InChI=1S/C16H15ClN2O/c1-20-11-16(13-5-3-6-14(17)9-13)19-15-7-2-4-12(8-15)10-18/h2-9,16,19H,11H2,1H3. The highest BCUT2D eigenvalue weighted by atomic mass is 35.5. The molecule has 2 rings (SSSR count). The van der Waals surface area contributed by atoms with E-state index in [1.54, 1.807) is 13.2 Å². The van der Waals surface area contributed by atoms with Gasteiger partial charge in [0.15, 0.2) is 0 Å². The molecule has 0 aromatic heterocycles. The van der Waals surface area contributed by atoms with E-state index in [1.165, 1.54) is 0 Å². The Morgan fingerprint density at radius 2 is 2.05 bits per heavy atom. The third-order valence-corrected chi connectivity index (χ3v) is 3.15. The van der Waals surface area contributed by atoms with Crippen molar-refractivity contribution in [3.63, 3.8) is 0 Å². The molecule has 1 unspecified atom stereocenters. The molecule has 20 heavy (non-hydrogen) atoms. The molecular formula is C16H15ClN2O. The number of nitrogens with zero attached hydrogens (tertiary/aromatic N) is 1. The fourth-order valence-electron chi connectivity index (χ4n) is 1.99. The van der Waals surface area contributed by atoms with Gasteiger partial charge >= 0.3 is 0 Å². The van der Waals surface area contributed by atoms with Crippen molar-refractivity contribution in [3.05, 3.63) is 64.7 Å². The van der Waals surface area contributed by atoms with Gasteiger partial charge in [0.05, 0.1) is 24.3 Å². The Hall–Kier alpha value is -2.02. The lowest BCUT2D eigenvalue weighted by atomic mass is 10.1. The summed E-state index contributed by atoms with van der Waals surface area (Å²) in [5.41, 5.74) is 2.55. The number of anilines is 1. The van der Waals surface area contributed by atoms with Crippen LogP contribution >= 0.6 is 11.6 Å². The molecule has 0 spiro atoms. The maximum absolute atomic E-state index is 8.93. The van der Waals surface area contributed by atoms with Crippen molar-refractivity contribution in [1.29, 1.82) is 5.26 Å². The molecule has 0 aliphatic carbocycles. The van der Waals surface area contributed by atoms with Crippen LogP contribution in [0.2, 0.25) is 5.02 Å². The molecular weight excluding hydrogens is 272 g/mol. The van der Waals surface area contributed by atoms with Crippen LogP contribution in [-0.2, 0) is 4.74 Å². The van der Waals surface area contributed by atoms with E-state index in [2.05, 4.69) is 11.4 Å². The predicted octanol–water partition coefficient (Wildman–Crippen LogP) is 4.01. The lowest BCUT2D eigenvalue weighted by molar-refractivity contribution is 0.186. The first-order valence-corrected chi connectivity index (χ1v) is 6.62. The highest BCUT2D eigenvalue weighted by molar-refractivity contribution is 6.30. The summed E-state index contributed by atoms with van der Waals surface area (Å²) in [7, 11) is 1.66. The smallest absolute Gasteiger partial charge is 0.0992 e. The summed E-state index contributed by atoms with van der Waals surface area (Å²) in [5, 5.41) is 13.0. The van der Waals surface area contributed by atoms with Crippen LogP contribution in [0.3, 0.4) is 0 Å². The lowest BCUT2D eigenvalue weighted by Gasteiger charge is -2.20. The van der Waals surface area contributed by atoms with Crippen LogP contribution in [0.1, 0.15) is 17.2 Å². The number of benzene rings is 2. The van der Waals surface area contributed by atoms with Gasteiger partial charge in [0.25, 0.3) is 0 Å². The molecule has 0 bridgehead atoms. The number of nitriles is 1. The van der Waals surface area contributed by atoms with Crippen LogP contribution in [0.15, 0.2) is 48.5 Å². The highest BCUT2D eigenvalue weighted by Gasteiger charge is 2.11. The van der Waals surface area contributed by atoms with Gasteiger partial charge in [-0.3, -0.25) is 0 Å². The van der Waals surface area contributed by atoms with E-state index in [0.29, 0.717) is 17.2 Å². The van der Waals surface area contributed by atoms with Gasteiger partial charge in [0.2, 0.25) is 0 Å². The van der Waals surface area contributed by atoms with Gasteiger partial charge in [-0.25, -0.2) is 0 Å². The number of methoxy groups -OCH3 is 1. The van der Waals surface area contributed by atoms with Crippen molar-refractivity contribution in [1.82, 2.24) is 0 Å². The quantitative estimate of drug-likeness (QED) is 0.903. The van der Waals surface area contributed by atoms with Crippen molar-refractivity contribution >= 4 is 17.3 Å². The zero-order valence-corrected chi connectivity index (χ0v) is 11.9. The second-order valence-corrected chi connectivity index (χ2v) is 4.84. The van der Waals surface area contributed by atoms with Crippen LogP contribution in [0.4, 0.5) is 5.69 Å². The monoisotopic (exact) mass is 286 g/mol. The molecule has 4 heteroatoms. The average Bonchev–Trinajstić information content (AvgIpc) is 2.47. The molecule has 0 fully saturated rings. The SMILES string of the molecule is COCC(Nc1cccc(C#N)c1)c1cccc(Cl)c1. The number of hydrogen-bond acceptors (Lipinski definition) is 3. The summed E-state index contributed by atoms with van der Waals surface area (Å²) < 4.78 is 5.26. The second kappa shape index (κ2) is 6.95. The molecule has 0 amide bonds. The Bertz CT molecular complexity index is 622. The molecule has 0 aliphatic rings. The molecule has 102 valence electrons. The van der Waals surface area contributed by atoms with Gasteiger partial charge in [0, 0.05) is 17.8 Å². The van der Waals surface area contributed by atoms with Crippen molar-refractivity contribution in [2.45, 2.75) is 6.04 Å². The third kappa shape index (κ3) is 3.74. The van der Waals surface area contributed by atoms with Gasteiger partial charge in [-0.1, -0.05) is 29.8 Å². The summed E-state index contributed by atoms with van der Waals surface area (Å²) in [5.74, 6) is 0. The summed E-state index contributed by atoms with van der Waals surface area (Å²) in [6, 6.07) is 17.1. The average molecular weight is 287 g/mol. The van der Waals surface area contributed by atoms with Crippen LogP contribution in [0.25, 0.3) is 0 Å². The Labute approximate surface area is 123 Å². The summed E-state index contributed by atoms with van der Waals surface area (Å²) >= 11 is 6.03. The van der Waals surface area contributed by atoms with Crippen molar-refractivity contribution < 1.29 is 4.74 Å². The van der Waals surface area contributed by atoms with Crippen molar-refractivity contribution in [2.24, 2.45) is 0 Å². The minimum Gasteiger partial charge on any atom is -0.382 e. The van der Waals surface area contributed by atoms with E-state index >= 15 is 0 Å². The fourth-order valence-corrected chi connectivity index (χ4v) is 2.19. The largest absolute Gasteiger partial charge is 0.382 e. The maximum atomic E-state index is 8.93. The molecule has 1 N–H and O–H groups in total. The molecule has 0 aliphatic heterocycles. The third-order valence-electron chi connectivity index (χ3n) is 2.92. The van der Waals surface area contributed by atoms with Gasteiger partial charge in [-0.15, -0.1) is 0 Å². The summed E-state index contributed by atoms with van der Waals surface area (Å²) in [6.45, 7) is 0.511. The zero-order chi connectivity index (χ0) is 14.4. The van der Waals surface area contributed by atoms with Crippen LogP contribution < -0.4 is 5.32 Å². The topological polar surface area (TPSA) is 45.0 Å². The van der Waals surface area contributed by atoms with Gasteiger partial charge in [-0.05, 0) is 35.9 Å². The molecule has 0 heterocycles. The zero-order valence-electron chi connectivity index (χ0n) is 11.1. The van der Waals surface area contributed by atoms with Crippen molar-refractivity contribution in [2.75, 3.05) is 19.0 Å². The van der Waals surface area contributed by atoms with E-state index in [9.17, 15) is 0 Å². The van der Waals surface area contributed by atoms with Crippen molar-refractivity contribution in [3.8, 4) is 6.07 Å². The number of hydrogen-bond donors (Lipinski definition) is 1. The number of nitrogens with one attached hydrogen (secondary N) is 1. The van der Waals surface area contributed by atoms with E-state index < -0.39 is 0 Å². The second-order valence-electron chi connectivity index (χ2n) is 4.40. The van der Waals surface area contributed by atoms with E-state index in [0.717, 1.165) is 11.3 Å². The molecule has 0 saturated carbocycles. The van der Waals surface area contributed by atoms with E-state index in [-0.39, 0.29) is 6.04 Å². The normalized spacial score (nSPS) is 11.7. The summed E-state index contributed by atoms with van der Waals surface area (Å²) in [4.78, 5) is 0. The van der Waals surface area contributed by atoms with Gasteiger partial charge in [-0.2, -0.15) is 5.26 Å². The number of rotatable bonds is 5. The highest BCUT2D eigenvalue weighted by Crippen LogP contribution is 2.23. The predicted molar refractivity (Wildman–Crippen MR) is 80.8 cm³/mol. The first-order valence-electron chi connectivity index (χ1n) is 6.24. The van der Waals surface area contributed by atoms with Gasteiger partial charge < -0.3 is 10.1 Å². The fraction of sp³-hybridized carbons (Fsp3) is 0.188. The first kappa shape index (κ1) is 14.4. The Morgan fingerprint density at radius 1 is 1.25 bits per heavy atom. The van der Waals surface area contributed by atoms with Crippen LogP contribution in [0.5, 0.6) is 0 Å². The van der Waals surface area contributed by atoms with Gasteiger partial charge in [0.1, 0.15) is 0 Å². The molecule has 3 nitrogen and oxygen atoms in total.